The van der Waals surface area contributed by atoms with Gasteiger partial charge in [0.05, 0.1) is 7.11 Å². The lowest BCUT2D eigenvalue weighted by molar-refractivity contribution is -0.120. The Hall–Kier alpha value is -1.84. The number of Topliss-reactive ketones (excluding diaryl/α,β-unsaturated/α-hetero) is 1. The van der Waals surface area contributed by atoms with Gasteiger partial charge in [0.15, 0.2) is 0 Å². The molecule has 17 heavy (non-hydrogen) atoms. The van der Waals surface area contributed by atoms with Crippen LogP contribution >= 0.6 is 0 Å². The summed E-state index contributed by atoms with van der Waals surface area (Å²) in [4.78, 5) is 24.9. The summed E-state index contributed by atoms with van der Waals surface area (Å²) in [5.41, 5.74) is 0.639. The number of rotatable bonds is 2. The van der Waals surface area contributed by atoms with Crippen LogP contribution in [0.15, 0.2) is 24.3 Å². The van der Waals surface area contributed by atoms with Crippen molar-refractivity contribution in [3.63, 3.8) is 0 Å². The van der Waals surface area contributed by atoms with Crippen LogP contribution in [0.4, 0.5) is 0 Å². The minimum absolute atomic E-state index is 0.0137. The van der Waals surface area contributed by atoms with E-state index in [1.54, 1.807) is 36.3 Å². The Kier molecular flexibility index (Phi) is 3.42. The molecule has 1 saturated heterocycles. The second-order valence-electron chi connectivity index (χ2n) is 4.06. The highest BCUT2D eigenvalue weighted by Gasteiger charge is 2.21. The Labute approximate surface area is 100 Å². The molecule has 0 radical (unpaired) electrons. The minimum Gasteiger partial charge on any atom is -0.497 e. The van der Waals surface area contributed by atoms with Gasteiger partial charge in [-0.2, -0.15) is 0 Å². The molecule has 0 unspecified atom stereocenters. The summed E-state index contributed by atoms with van der Waals surface area (Å²) in [5.74, 6) is 0.958. The summed E-state index contributed by atoms with van der Waals surface area (Å²) in [6.45, 7) is 1.06. The highest BCUT2D eigenvalue weighted by molar-refractivity contribution is 5.95. The number of likely N-dealkylation sites (tertiary alicyclic amines) is 1. The maximum absolute atomic E-state index is 12.1. The molecule has 0 bridgehead atoms. The third-order valence-electron chi connectivity index (χ3n) is 2.95. The van der Waals surface area contributed by atoms with Crippen molar-refractivity contribution in [2.24, 2.45) is 0 Å². The Balaban J connectivity index is 2.05. The first-order valence-electron chi connectivity index (χ1n) is 5.66. The first-order chi connectivity index (χ1) is 8.20. The number of hydrogen-bond acceptors (Lipinski definition) is 3. The van der Waals surface area contributed by atoms with Crippen LogP contribution in [0.5, 0.6) is 5.75 Å². The van der Waals surface area contributed by atoms with Gasteiger partial charge in [0.1, 0.15) is 11.5 Å². The van der Waals surface area contributed by atoms with Gasteiger partial charge in [0.2, 0.25) is 0 Å². The van der Waals surface area contributed by atoms with Gasteiger partial charge in [-0.3, -0.25) is 9.59 Å². The van der Waals surface area contributed by atoms with Crippen LogP contribution in [0, 0.1) is 0 Å². The number of benzene rings is 1. The molecule has 1 fully saturated rings. The van der Waals surface area contributed by atoms with E-state index in [2.05, 4.69) is 0 Å². The standard InChI is InChI=1S/C13H15NO3/c1-17-12-4-2-10(3-5-12)13(16)14-8-6-11(15)7-9-14/h2-5H,6-9H2,1H3. The molecule has 1 aromatic rings. The van der Waals surface area contributed by atoms with Crippen molar-refractivity contribution in [3.8, 4) is 5.75 Å². The van der Waals surface area contributed by atoms with Crippen LogP contribution in [0.25, 0.3) is 0 Å². The van der Waals surface area contributed by atoms with Crippen molar-refractivity contribution < 1.29 is 14.3 Å². The van der Waals surface area contributed by atoms with E-state index in [0.29, 0.717) is 31.5 Å². The first kappa shape index (κ1) is 11.6. The molecule has 2 rings (SSSR count). The van der Waals surface area contributed by atoms with E-state index in [9.17, 15) is 9.59 Å². The lowest BCUT2D eigenvalue weighted by Crippen LogP contribution is -2.38. The second kappa shape index (κ2) is 4.99. The Morgan fingerprint density at radius 2 is 1.76 bits per heavy atom. The minimum atomic E-state index is -0.0137. The van der Waals surface area contributed by atoms with Crippen LogP contribution in [-0.2, 0) is 4.79 Å². The van der Waals surface area contributed by atoms with Crippen LogP contribution in [0.1, 0.15) is 23.2 Å². The van der Waals surface area contributed by atoms with Crippen LogP contribution < -0.4 is 4.74 Å². The summed E-state index contributed by atoms with van der Waals surface area (Å²) in [6, 6.07) is 7.03. The fourth-order valence-corrected chi connectivity index (χ4v) is 1.88. The molecule has 0 atom stereocenters. The maximum atomic E-state index is 12.1. The predicted molar refractivity (Wildman–Crippen MR) is 63.1 cm³/mol. The van der Waals surface area contributed by atoms with Crippen LogP contribution in [0.3, 0.4) is 0 Å². The van der Waals surface area contributed by atoms with Gasteiger partial charge in [0.25, 0.3) is 5.91 Å². The largest absolute Gasteiger partial charge is 0.497 e. The van der Waals surface area contributed by atoms with E-state index in [1.165, 1.54) is 0 Å². The number of piperidine rings is 1. The third kappa shape index (κ3) is 2.64. The fraction of sp³-hybridized carbons (Fsp3) is 0.385. The van der Waals surface area contributed by atoms with Crippen molar-refractivity contribution in [2.45, 2.75) is 12.8 Å². The zero-order valence-corrected chi connectivity index (χ0v) is 9.81. The second-order valence-corrected chi connectivity index (χ2v) is 4.06. The quantitative estimate of drug-likeness (QED) is 0.777. The fourth-order valence-electron chi connectivity index (χ4n) is 1.88. The molecule has 1 heterocycles. The molecule has 0 N–H and O–H groups in total. The van der Waals surface area contributed by atoms with Crippen LogP contribution in [0.2, 0.25) is 0 Å². The molecule has 0 spiro atoms. The highest BCUT2D eigenvalue weighted by atomic mass is 16.5. The summed E-state index contributed by atoms with van der Waals surface area (Å²) < 4.78 is 5.04. The van der Waals surface area contributed by atoms with Crippen LogP contribution in [-0.4, -0.2) is 36.8 Å². The van der Waals surface area contributed by atoms with Gasteiger partial charge < -0.3 is 9.64 Å². The SMILES string of the molecule is COc1ccc(C(=O)N2CCC(=O)CC2)cc1. The van der Waals surface area contributed by atoms with E-state index < -0.39 is 0 Å². The number of ether oxygens (including phenoxy) is 1. The van der Waals surface area contributed by atoms with Crippen molar-refractivity contribution in [1.29, 1.82) is 0 Å². The molecule has 0 saturated carbocycles. The average Bonchev–Trinajstić information content (AvgIpc) is 2.39. The number of methoxy groups -OCH3 is 1. The van der Waals surface area contributed by atoms with E-state index in [0.717, 1.165) is 5.75 Å². The van der Waals surface area contributed by atoms with Crippen molar-refractivity contribution in [3.05, 3.63) is 29.8 Å². The molecule has 90 valence electrons. The number of hydrogen-bond donors (Lipinski definition) is 0. The molecule has 4 heteroatoms. The lowest BCUT2D eigenvalue weighted by atomic mass is 10.1. The lowest BCUT2D eigenvalue weighted by Gasteiger charge is -2.26. The van der Waals surface area contributed by atoms with E-state index in [4.69, 9.17) is 4.74 Å². The summed E-state index contributed by atoms with van der Waals surface area (Å²) in [6.07, 6.45) is 0.948. The molecule has 0 aliphatic carbocycles. The van der Waals surface area contributed by atoms with E-state index in [-0.39, 0.29) is 11.7 Å². The first-order valence-corrected chi connectivity index (χ1v) is 5.66. The van der Waals surface area contributed by atoms with Crippen molar-refractivity contribution >= 4 is 11.7 Å². The van der Waals surface area contributed by atoms with Gasteiger partial charge in [-0.15, -0.1) is 0 Å². The molecule has 1 amide bonds. The number of amides is 1. The van der Waals surface area contributed by atoms with Gasteiger partial charge in [-0.05, 0) is 24.3 Å². The number of nitrogens with zero attached hydrogens (tertiary/aromatic N) is 1. The maximum Gasteiger partial charge on any atom is 0.253 e. The molecule has 0 aromatic heterocycles. The van der Waals surface area contributed by atoms with Crippen molar-refractivity contribution in [1.82, 2.24) is 4.90 Å². The van der Waals surface area contributed by atoms with E-state index in [1.807, 2.05) is 0 Å². The third-order valence-corrected chi connectivity index (χ3v) is 2.95. The van der Waals surface area contributed by atoms with Gasteiger partial charge in [-0.25, -0.2) is 0 Å². The Bertz CT molecular complexity index is 415. The predicted octanol–water partition coefficient (Wildman–Crippen LogP) is 1.50. The molecule has 1 aliphatic heterocycles. The molecule has 1 aliphatic rings. The zero-order chi connectivity index (χ0) is 12.3. The molecular formula is C13H15NO3. The smallest absolute Gasteiger partial charge is 0.253 e. The monoisotopic (exact) mass is 233 g/mol. The number of carbonyl (C=O) groups excluding carboxylic acids is 2. The molecular weight excluding hydrogens is 218 g/mol. The highest BCUT2D eigenvalue weighted by Crippen LogP contribution is 2.15. The van der Waals surface area contributed by atoms with Gasteiger partial charge in [0, 0.05) is 31.5 Å². The van der Waals surface area contributed by atoms with Crippen molar-refractivity contribution in [2.75, 3.05) is 20.2 Å². The van der Waals surface area contributed by atoms with Gasteiger partial charge in [-0.1, -0.05) is 0 Å². The Morgan fingerprint density at radius 3 is 2.29 bits per heavy atom. The number of carbonyl (C=O) groups is 2. The molecule has 4 nitrogen and oxygen atoms in total. The summed E-state index contributed by atoms with van der Waals surface area (Å²) >= 11 is 0. The summed E-state index contributed by atoms with van der Waals surface area (Å²) in [5, 5.41) is 0. The van der Waals surface area contributed by atoms with E-state index >= 15 is 0 Å². The normalized spacial score (nSPS) is 15.8. The number of ketones is 1. The average molecular weight is 233 g/mol. The molecule has 1 aromatic carbocycles. The zero-order valence-electron chi connectivity index (χ0n) is 9.81. The van der Waals surface area contributed by atoms with Gasteiger partial charge >= 0.3 is 0 Å². The topological polar surface area (TPSA) is 46.6 Å². The Morgan fingerprint density at radius 1 is 1.18 bits per heavy atom. The summed E-state index contributed by atoms with van der Waals surface area (Å²) in [7, 11) is 1.59.